The van der Waals surface area contributed by atoms with E-state index in [-0.39, 0.29) is 40.7 Å². The molecule has 0 spiro atoms. The van der Waals surface area contributed by atoms with Crippen molar-refractivity contribution in [2.75, 3.05) is 24.6 Å². The Morgan fingerprint density at radius 3 is 2.41 bits per heavy atom. The SMILES string of the molecule is O=C(c1cc([N+](=O)[O-])ccc1Sc1ccccc1F)N1CCS(=O)(=O)CC1. The van der Waals surface area contributed by atoms with Gasteiger partial charge in [0.1, 0.15) is 5.82 Å². The first-order valence-corrected chi connectivity index (χ1v) is 10.6. The molecular formula is C17H15FN2O5S2. The summed E-state index contributed by atoms with van der Waals surface area (Å²) in [7, 11) is -3.17. The summed E-state index contributed by atoms with van der Waals surface area (Å²) in [5, 5.41) is 11.1. The number of nitro groups is 1. The number of benzene rings is 2. The molecule has 142 valence electrons. The Hall–Kier alpha value is -2.46. The molecular weight excluding hydrogens is 395 g/mol. The van der Waals surface area contributed by atoms with Crippen LogP contribution in [0.2, 0.25) is 0 Å². The van der Waals surface area contributed by atoms with Crippen LogP contribution in [0.3, 0.4) is 0 Å². The standard InChI is InChI=1S/C17H15FN2O5S2/c18-14-3-1-2-4-16(14)26-15-6-5-12(20(22)23)11-13(15)17(21)19-7-9-27(24,25)10-8-19/h1-6,11H,7-10H2. The summed E-state index contributed by atoms with van der Waals surface area (Å²) in [4.78, 5) is 25.4. The van der Waals surface area contributed by atoms with E-state index in [4.69, 9.17) is 0 Å². The third-order valence-electron chi connectivity index (χ3n) is 4.09. The normalized spacial score (nSPS) is 16.1. The first-order valence-electron chi connectivity index (χ1n) is 7.97. The van der Waals surface area contributed by atoms with Crippen LogP contribution in [0.5, 0.6) is 0 Å². The van der Waals surface area contributed by atoms with Crippen LogP contribution < -0.4 is 0 Å². The van der Waals surface area contributed by atoms with E-state index in [9.17, 15) is 27.7 Å². The van der Waals surface area contributed by atoms with Crippen LogP contribution >= 0.6 is 11.8 Å². The molecule has 1 aliphatic heterocycles. The smallest absolute Gasteiger partial charge is 0.270 e. The van der Waals surface area contributed by atoms with E-state index < -0.39 is 26.5 Å². The van der Waals surface area contributed by atoms with E-state index >= 15 is 0 Å². The summed E-state index contributed by atoms with van der Waals surface area (Å²) in [6, 6.07) is 9.81. The Balaban J connectivity index is 1.96. The van der Waals surface area contributed by atoms with Crippen molar-refractivity contribution in [1.82, 2.24) is 4.90 Å². The zero-order chi connectivity index (χ0) is 19.6. The number of hydrogen-bond donors (Lipinski definition) is 0. The van der Waals surface area contributed by atoms with Crippen molar-refractivity contribution in [2.24, 2.45) is 0 Å². The lowest BCUT2D eigenvalue weighted by Gasteiger charge is -2.27. The maximum Gasteiger partial charge on any atom is 0.270 e. The van der Waals surface area contributed by atoms with Gasteiger partial charge in [0.2, 0.25) is 0 Å². The van der Waals surface area contributed by atoms with Crippen LogP contribution in [0.1, 0.15) is 10.4 Å². The van der Waals surface area contributed by atoms with E-state index in [0.717, 1.165) is 17.8 Å². The Kier molecular flexibility index (Phi) is 5.47. The zero-order valence-corrected chi connectivity index (χ0v) is 15.6. The molecule has 3 rings (SSSR count). The molecule has 0 aromatic heterocycles. The molecule has 2 aromatic rings. The van der Waals surface area contributed by atoms with Gasteiger partial charge in [0, 0.05) is 35.0 Å². The minimum Gasteiger partial charge on any atom is -0.337 e. The molecule has 0 N–H and O–H groups in total. The van der Waals surface area contributed by atoms with Gasteiger partial charge in [0.25, 0.3) is 11.6 Å². The fourth-order valence-electron chi connectivity index (χ4n) is 2.62. The Labute approximate surface area is 159 Å². The Morgan fingerprint density at radius 2 is 1.78 bits per heavy atom. The lowest BCUT2D eigenvalue weighted by atomic mass is 10.1. The van der Waals surface area contributed by atoms with Gasteiger partial charge in [-0.05, 0) is 18.2 Å². The maximum atomic E-state index is 14.0. The van der Waals surface area contributed by atoms with Crippen molar-refractivity contribution in [3.63, 3.8) is 0 Å². The Morgan fingerprint density at radius 1 is 1.11 bits per heavy atom. The second-order valence-electron chi connectivity index (χ2n) is 5.91. The molecule has 0 unspecified atom stereocenters. The van der Waals surface area contributed by atoms with Gasteiger partial charge >= 0.3 is 0 Å². The third-order valence-corrected chi connectivity index (χ3v) is 6.83. The van der Waals surface area contributed by atoms with Gasteiger partial charge in [0.05, 0.1) is 22.0 Å². The molecule has 27 heavy (non-hydrogen) atoms. The van der Waals surface area contributed by atoms with Crippen LogP contribution in [0.25, 0.3) is 0 Å². The van der Waals surface area contributed by atoms with E-state index in [2.05, 4.69) is 0 Å². The van der Waals surface area contributed by atoms with Gasteiger partial charge in [-0.3, -0.25) is 14.9 Å². The molecule has 1 saturated heterocycles. The van der Waals surface area contributed by atoms with Crippen molar-refractivity contribution in [2.45, 2.75) is 9.79 Å². The first-order chi connectivity index (χ1) is 12.8. The number of carbonyl (C=O) groups is 1. The minimum atomic E-state index is -3.17. The van der Waals surface area contributed by atoms with Crippen LogP contribution in [0, 0.1) is 15.9 Å². The van der Waals surface area contributed by atoms with Crippen molar-refractivity contribution >= 4 is 33.2 Å². The van der Waals surface area contributed by atoms with E-state index in [0.29, 0.717) is 4.90 Å². The van der Waals surface area contributed by atoms with E-state index in [1.807, 2.05) is 0 Å². The van der Waals surface area contributed by atoms with E-state index in [1.54, 1.807) is 12.1 Å². The second-order valence-corrected chi connectivity index (χ2v) is 9.30. The quantitative estimate of drug-likeness (QED) is 0.568. The van der Waals surface area contributed by atoms with Gasteiger partial charge in [-0.2, -0.15) is 0 Å². The van der Waals surface area contributed by atoms with Gasteiger partial charge in [-0.15, -0.1) is 0 Å². The second kappa shape index (κ2) is 7.65. The van der Waals surface area contributed by atoms with Crippen molar-refractivity contribution in [3.05, 3.63) is 64.0 Å². The number of hydrogen-bond acceptors (Lipinski definition) is 6. The number of carbonyl (C=O) groups excluding carboxylic acids is 1. The van der Waals surface area contributed by atoms with Crippen molar-refractivity contribution in [3.8, 4) is 0 Å². The number of nitro benzene ring substituents is 1. The summed E-state index contributed by atoms with van der Waals surface area (Å²) in [6.07, 6.45) is 0. The highest BCUT2D eigenvalue weighted by atomic mass is 32.2. The molecule has 0 aliphatic carbocycles. The van der Waals surface area contributed by atoms with Gasteiger partial charge < -0.3 is 4.90 Å². The maximum absolute atomic E-state index is 14.0. The van der Waals surface area contributed by atoms with Crippen molar-refractivity contribution < 1.29 is 22.5 Å². The molecule has 1 aliphatic rings. The molecule has 0 bridgehead atoms. The van der Waals surface area contributed by atoms with Gasteiger partial charge in [0.15, 0.2) is 9.84 Å². The molecule has 0 atom stereocenters. The van der Waals surface area contributed by atoms with Gasteiger partial charge in [-0.25, -0.2) is 12.8 Å². The lowest BCUT2D eigenvalue weighted by Crippen LogP contribution is -2.43. The third kappa shape index (κ3) is 4.45. The average Bonchev–Trinajstić information content (AvgIpc) is 2.63. The molecule has 1 fully saturated rings. The number of rotatable bonds is 4. The highest BCUT2D eigenvalue weighted by Crippen LogP contribution is 2.34. The summed E-state index contributed by atoms with van der Waals surface area (Å²) in [5.41, 5.74) is -0.211. The monoisotopic (exact) mass is 410 g/mol. The van der Waals surface area contributed by atoms with Crippen LogP contribution in [0.15, 0.2) is 52.3 Å². The molecule has 1 heterocycles. The number of non-ortho nitro benzene ring substituents is 1. The summed E-state index contributed by atoms with van der Waals surface area (Å²) in [6.45, 7) is 0.0430. The number of nitrogens with zero attached hydrogens (tertiary/aromatic N) is 2. The largest absolute Gasteiger partial charge is 0.337 e. The summed E-state index contributed by atoms with van der Waals surface area (Å²) < 4.78 is 37.1. The Bertz CT molecular complexity index is 996. The molecule has 0 saturated carbocycles. The molecule has 10 heteroatoms. The topological polar surface area (TPSA) is 97.6 Å². The van der Waals surface area contributed by atoms with Gasteiger partial charge in [-0.1, -0.05) is 23.9 Å². The molecule has 2 aromatic carbocycles. The lowest BCUT2D eigenvalue weighted by molar-refractivity contribution is -0.384. The highest BCUT2D eigenvalue weighted by Gasteiger charge is 2.28. The molecule has 0 radical (unpaired) electrons. The van der Waals surface area contributed by atoms with Crippen LogP contribution in [0.4, 0.5) is 10.1 Å². The minimum absolute atomic E-state index is 0.0215. The predicted molar refractivity (Wildman–Crippen MR) is 98.2 cm³/mol. The number of halogens is 1. The number of sulfone groups is 1. The molecule has 1 amide bonds. The zero-order valence-electron chi connectivity index (χ0n) is 14.0. The van der Waals surface area contributed by atoms with Crippen LogP contribution in [-0.4, -0.2) is 48.7 Å². The fourth-order valence-corrected chi connectivity index (χ4v) is 4.76. The van der Waals surface area contributed by atoms with E-state index in [1.165, 1.54) is 29.2 Å². The van der Waals surface area contributed by atoms with Crippen LogP contribution in [-0.2, 0) is 9.84 Å². The first kappa shape index (κ1) is 19.3. The number of amides is 1. The summed E-state index contributed by atoms with van der Waals surface area (Å²) in [5.74, 6) is -1.27. The predicted octanol–water partition coefficient (Wildman–Crippen LogP) is 2.76. The highest BCUT2D eigenvalue weighted by molar-refractivity contribution is 7.99. The molecule has 7 nitrogen and oxygen atoms in total. The summed E-state index contributed by atoms with van der Waals surface area (Å²) >= 11 is 0.990. The fraction of sp³-hybridized carbons (Fsp3) is 0.235. The average molecular weight is 410 g/mol. The van der Waals surface area contributed by atoms with Crippen molar-refractivity contribution in [1.29, 1.82) is 0 Å².